The molecular weight excluding hydrogens is 226 g/mol. The molecule has 3 heteroatoms. The second-order valence-corrected chi connectivity index (χ2v) is 2.16. The molecule has 0 aromatic heterocycles. The summed E-state index contributed by atoms with van der Waals surface area (Å²) in [5.74, 6) is 0. The minimum Gasteiger partial charge on any atom is -0.464 e. The first kappa shape index (κ1) is 18.3. The molecule has 0 aliphatic carbocycles. The zero-order valence-electron chi connectivity index (χ0n) is 7.66. The Morgan fingerprint density at radius 3 is 1.50 bits per heavy atom. The Kier molecular flexibility index (Phi) is 21.3. The maximum Gasteiger partial charge on any atom is 2.00 e. The maximum atomic E-state index is 3.47. The van der Waals surface area contributed by atoms with E-state index < -0.39 is 0 Å². The van der Waals surface area contributed by atoms with Crippen molar-refractivity contribution in [2.45, 2.75) is 0 Å². The minimum atomic E-state index is 0. The van der Waals surface area contributed by atoms with E-state index in [1.165, 1.54) is 0 Å². The summed E-state index contributed by atoms with van der Waals surface area (Å²) < 4.78 is 0. The fraction of sp³-hybridized carbons (Fsp3) is 0.222. The van der Waals surface area contributed by atoms with E-state index in [1.807, 2.05) is 44.4 Å². The van der Waals surface area contributed by atoms with Crippen LogP contribution in [0.5, 0.6) is 0 Å². The molecule has 0 atom stereocenters. The SMILES string of the molecule is Br.[CH2-]N(C)C.[Mg+2].[c-]1ccccc1. The molecule has 0 fully saturated rings. The molecule has 0 amide bonds. The van der Waals surface area contributed by atoms with Crippen LogP contribution in [0.4, 0.5) is 0 Å². The molecule has 0 saturated heterocycles. The molecule has 1 rings (SSSR count). The maximum absolute atomic E-state index is 3.47. The van der Waals surface area contributed by atoms with Crippen molar-refractivity contribution in [1.82, 2.24) is 4.90 Å². The molecule has 0 heterocycles. The first-order chi connectivity index (χ1) is 4.73. The van der Waals surface area contributed by atoms with Crippen LogP contribution in [0.3, 0.4) is 0 Å². The van der Waals surface area contributed by atoms with Crippen LogP contribution in [0.25, 0.3) is 0 Å². The van der Waals surface area contributed by atoms with Gasteiger partial charge in [-0.1, -0.05) is 0 Å². The summed E-state index contributed by atoms with van der Waals surface area (Å²) in [4.78, 5) is 1.75. The van der Waals surface area contributed by atoms with Crippen molar-refractivity contribution >= 4 is 40.0 Å². The Hall–Kier alpha value is 0.426. The van der Waals surface area contributed by atoms with Crippen molar-refractivity contribution in [1.29, 1.82) is 0 Å². The van der Waals surface area contributed by atoms with Gasteiger partial charge in [0.25, 0.3) is 0 Å². The third kappa shape index (κ3) is 22.4. The monoisotopic (exact) mass is 239 g/mol. The van der Waals surface area contributed by atoms with E-state index in [9.17, 15) is 0 Å². The number of hydrogen-bond donors (Lipinski definition) is 0. The van der Waals surface area contributed by atoms with Gasteiger partial charge in [0.1, 0.15) is 0 Å². The molecule has 64 valence electrons. The number of halogens is 1. The van der Waals surface area contributed by atoms with Crippen molar-refractivity contribution in [2.75, 3.05) is 14.1 Å². The normalized spacial score (nSPS) is 7.00. The molecular formula is C9H14BrMgN. The number of hydrogen-bond acceptors (Lipinski definition) is 1. The van der Waals surface area contributed by atoms with E-state index in [1.54, 1.807) is 4.90 Å². The average Bonchev–Trinajstić information content (AvgIpc) is 1.90. The zero-order valence-corrected chi connectivity index (χ0v) is 10.8. The van der Waals surface area contributed by atoms with E-state index in [4.69, 9.17) is 0 Å². The molecule has 1 aromatic carbocycles. The van der Waals surface area contributed by atoms with Crippen molar-refractivity contribution in [3.63, 3.8) is 0 Å². The van der Waals surface area contributed by atoms with Gasteiger partial charge in [-0.15, -0.1) is 17.0 Å². The van der Waals surface area contributed by atoms with Gasteiger partial charge in [-0.25, -0.2) is 0 Å². The van der Waals surface area contributed by atoms with Crippen molar-refractivity contribution < 1.29 is 0 Å². The summed E-state index contributed by atoms with van der Waals surface area (Å²) in [6.45, 7) is 0. The van der Waals surface area contributed by atoms with E-state index in [-0.39, 0.29) is 40.0 Å². The van der Waals surface area contributed by atoms with E-state index >= 15 is 0 Å². The van der Waals surface area contributed by atoms with E-state index in [2.05, 4.69) is 13.1 Å². The number of nitrogens with zero attached hydrogens (tertiary/aromatic N) is 1. The summed E-state index contributed by atoms with van der Waals surface area (Å²) in [5.41, 5.74) is 0. The summed E-state index contributed by atoms with van der Waals surface area (Å²) in [6, 6.07) is 12.5. The van der Waals surface area contributed by atoms with E-state index in [0.717, 1.165) is 0 Å². The largest absolute Gasteiger partial charge is 2.00 e. The fourth-order valence-electron chi connectivity index (χ4n) is 0.342. The van der Waals surface area contributed by atoms with Crippen LogP contribution >= 0.6 is 17.0 Å². The molecule has 0 spiro atoms. The first-order valence-corrected chi connectivity index (χ1v) is 3.12. The summed E-state index contributed by atoms with van der Waals surface area (Å²) in [7, 11) is 7.25. The molecule has 1 nitrogen and oxygen atoms in total. The molecule has 12 heavy (non-hydrogen) atoms. The van der Waals surface area contributed by atoms with Gasteiger partial charge in [0.2, 0.25) is 0 Å². The Bertz CT molecular complexity index is 115. The standard InChI is InChI=1S/C6H5.C3H8N.BrH.Mg/c1-2-4-6-5-3-1;1-4(2)3;;/h1-5H;1H2,2-3H3;1H;/q2*-1;;+2. The Labute approximate surface area is 102 Å². The molecule has 0 aliphatic rings. The van der Waals surface area contributed by atoms with Gasteiger partial charge < -0.3 is 4.90 Å². The summed E-state index contributed by atoms with van der Waals surface area (Å²) in [6.07, 6.45) is 0. The zero-order chi connectivity index (χ0) is 7.82. The molecule has 0 unspecified atom stereocenters. The smallest absolute Gasteiger partial charge is 0.464 e. The van der Waals surface area contributed by atoms with E-state index in [0.29, 0.717) is 0 Å². The number of rotatable bonds is 0. The first-order valence-electron chi connectivity index (χ1n) is 3.12. The van der Waals surface area contributed by atoms with Crippen LogP contribution in [0.2, 0.25) is 0 Å². The third-order valence-electron chi connectivity index (χ3n) is 0.607. The van der Waals surface area contributed by atoms with Crippen LogP contribution in [0.15, 0.2) is 30.3 Å². The summed E-state index contributed by atoms with van der Waals surface area (Å²) in [5, 5.41) is 0. The fourth-order valence-corrected chi connectivity index (χ4v) is 0.342. The molecule has 0 radical (unpaired) electrons. The third-order valence-corrected chi connectivity index (χ3v) is 0.607. The molecule has 0 aliphatic heterocycles. The van der Waals surface area contributed by atoms with Crippen LogP contribution < -0.4 is 0 Å². The van der Waals surface area contributed by atoms with Gasteiger partial charge >= 0.3 is 23.1 Å². The minimum absolute atomic E-state index is 0. The molecule has 1 aromatic rings. The van der Waals surface area contributed by atoms with Gasteiger partial charge in [-0.3, -0.25) is 7.05 Å². The Balaban J connectivity index is -0.000000124. The van der Waals surface area contributed by atoms with Crippen LogP contribution in [0, 0.1) is 13.1 Å². The van der Waals surface area contributed by atoms with Crippen molar-refractivity contribution in [3.05, 3.63) is 43.4 Å². The van der Waals surface area contributed by atoms with Crippen LogP contribution in [-0.2, 0) is 0 Å². The average molecular weight is 240 g/mol. The van der Waals surface area contributed by atoms with Crippen LogP contribution in [-0.4, -0.2) is 42.0 Å². The second kappa shape index (κ2) is 14.0. The van der Waals surface area contributed by atoms with Gasteiger partial charge in [0.15, 0.2) is 0 Å². The molecule has 0 bridgehead atoms. The molecule has 0 saturated carbocycles. The second-order valence-electron chi connectivity index (χ2n) is 2.16. The summed E-state index contributed by atoms with van der Waals surface area (Å²) >= 11 is 0. The topological polar surface area (TPSA) is 3.24 Å². The van der Waals surface area contributed by atoms with Crippen molar-refractivity contribution in [3.8, 4) is 0 Å². The molecule has 0 N–H and O–H groups in total. The number of benzene rings is 1. The quantitative estimate of drug-likeness (QED) is 0.495. The Morgan fingerprint density at radius 1 is 1.08 bits per heavy atom. The predicted octanol–water partition coefficient (Wildman–Crippen LogP) is 2.02. The van der Waals surface area contributed by atoms with Gasteiger partial charge in [0, 0.05) is 0 Å². The Morgan fingerprint density at radius 2 is 1.42 bits per heavy atom. The van der Waals surface area contributed by atoms with Crippen molar-refractivity contribution in [2.24, 2.45) is 0 Å². The van der Waals surface area contributed by atoms with Gasteiger partial charge in [0.05, 0.1) is 0 Å². The van der Waals surface area contributed by atoms with Gasteiger partial charge in [-0.2, -0.15) is 36.4 Å². The predicted molar refractivity (Wildman–Crippen MR) is 60.4 cm³/mol. The van der Waals surface area contributed by atoms with Gasteiger partial charge in [-0.05, 0) is 14.1 Å². The van der Waals surface area contributed by atoms with Crippen LogP contribution in [0.1, 0.15) is 0 Å².